The number of nitrogens with one attached hydrogen (secondary N) is 2. The van der Waals surface area contributed by atoms with Gasteiger partial charge in [0.05, 0.1) is 17.9 Å². The van der Waals surface area contributed by atoms with Gasteiger partial charge in [-0.3, -0.25) is 0 Å². The summed E-state index contributed by atoms with van der Waals surface area (Å²) in [7, 11) is 2.10. The van der Waals surface area contributed by atoms with Gasteiger partial charge in [0.25, 0.3) is 0 Å². The minimum atomic E-state index is -0.399. The highest BCUT2D eigenvalue weighted by Gasteiger charge is 2.18. The van der Waals surface area contributed by atoms with Crippen molar-refractivity contribution in [3.63, 3.8) is 0 Å². The summed E-state index contributed by atoms with van der Waals surface area (Å²) in [6.45, 7) is 5.75. The number of nitrogens with two attached hydrogens (primary N) is 1. The first-order valence-corrected chi connectivity index (χ1v) is 8.92. The Balaban J connectivity index is 1.78. The van der Waals surface area contributed by atoms with Crippen LogP contribution in [-0.4, -0.2) is 65.7 Å². The van der Waals surface area contributed by atoms with Crippen molar-refractivity contribution in [3.05, 3.63) is 36.2 Å². The fourth-order valence-electron chi connectivity index (χ4n) is 2.76. The quantitative estimate of drug-likeness (QED) is 0.652. The SMILES string of the molecule is CCOC(=O)c1ccccc1Nc1ncnc(NN2CCN(C)CC2)c1N. The Morgan fingerprint density at radius 2 is 1.89 bits per heavy atom. The predicted molar refractivity (Wildman–Crippen MR) is 105 cm³/mol. The second-order valence-electron chi connectivity index (χ2n) is 6.28. The van der Waals surface area contributed by atoms with Gasteiger partial charge < -0.3 is 26.1 Å². The van der Waals surface area contributed by atoms with Crippen LogP contribution in [0.3, 0.4) is 0 Å². The Morgan fingerprint density at radius 1 is 1.19 bits per heavy atom. The van der Waals surface area contributed by atoms with Crippen molar-refractivity contribution in [2.45, 2.75) is 6.92 Å². The third-order valence-corrected chi connectivity index (χ3v) is 4.33. The smallest absolute Gasteiger partial charge is 0.340 e. The number of aromatic nitrogens is 2. The van der Waals surface area contributed by atoms with Crippen LogP contribution in [0.2, 0.25) is 0 Å². The molecular weight excluding hydrogens is 346 g/mol. The van der Waals surface area contributed by atoms with Crippen LogP contribution < -0.4 is 16.5 Å². The molecule has 27 heavy (non-hydrogen) atoms. The number of piperazine rings is 1. The van der Waals surface area contributed by atoms with Gasteiger partial charge in [0.15, 0.2) is 11.6 Å². The molecule has 9 nitrogen and oxygen atoms in total. The highest BCUT2D eigenvalue weighted by atomic mass is 16.5. The third-order valence-electron chi connectivity index (χ3n) is 4.33. The monoisotopic (exact) mass is 371 g/mol. The summed E-state index contributed by atoms with van der Waals surface area (Å²) < 4.78 is 5.10. The maximum absolute atomic E-state index is 12.1. The van der Waals surface area contributed by atoms with E-state index in [-0.39, 0.29) is 0 Å². The standard InChI is InChI=1S/C18H25N7O2/c1-3-27-18(26)13-6-4-5-7-14(13)22-16-15(19)17(21-12-20-16)23-25-10-8-24(2)9-11-25/h4-7,12H,3,8-11,19H2,1-2H3,(H2,20,21,22,23). The lowest BCUT2D eigenvalue weighted by Crippen LogP contribution is -2.47. The number of esters is 1. The molecule has 0 radical (unpaired) electrons. The summed E-state index contributed by atoms with van der Waals surface area (Å²) >= 11 is 0. The normalized spacial score (nSPS) is 15.3. The number of hydrogen-bond acceptors (Lipinski definition) is 9. The van der Waals surface area contributed by atoms with E-state index in [9.17, 15) is 4.79 Å². The number of benzene rings is 1. The van der Waals surface area contributed by atoms with Crippen LogP contribution in [0.4, 0.5) is 23.0 Å². The fourth-order valence-corrected chi connectivity index (χ4v) is 2.76. The van der Waals surface area contributed by atoms with E-state index in [1.165, 1.54) is 6.33 Å². The molecule has 144 valence electrons. The van der Waals surface area contributed by atoms with Crippen molar-refractivity contribution < 1.29 is 9.53 Å². The fraction of sp³-hybridized carbons (Fsp3) is 0.389. The highest BCUT2D eigenvalue weighted by Crippen LogP contribution is 2.28. The number of ether oxygens (including phenoxy) is 1. The van der Waals surface area contributed by atoms with Gasteiger partial charge in [0, 0.05) is 26.2 Å². The minimum absolute atomic E-state index is 0.307. The lowest BCUT2D eigenvalue weighted by atomic mass is 10.2. The molecule has 0 aliphatic carbocycles. The van der Waals surface area contributed by atoms with Gasteiger partial charge in [-0.1, -0.05) is 12.1 Å². The highest BCUT2D eigenvalue weighted by molar-refractivity contribution is 5.97. The first-order valence-electron chi connectivity index (χ1n) is 8.92. The van der Waals surface area contributed by atoms with E-state index in [4.69, 9.17) is 10.5 Å². The lowest BCUT2D eigenvalue weighted by molar-refractivity contribution is 0.0527. The molecule has 0 amide bonds. The summed E-state index contributed by atoms with van der Waals surface area (Å²) in [5, 5.41) is 5.20. The molecule has 0 unspecified atom stereocenters. The molecule has 1 fully saturated rings. The maximum atomic E-state index is 12.1. The Labute approximate surface area is 158 Å². The lowest BCUT2D eigenvalue weighted by Gasteiger charge is -2.33. The van der Waals surface area contributed by atoms with E-state index in [0.717, 1.165) is 26.2 Å². The molecular formula is C18H25N7O2. The van der Waals surface area contributed by atoms with E-state index in [2.05, 4.69) is 37.7 Å². The summed E-state index contributed by atoms with van der Waals surface area (Å²) in [6.07, 6.45) is 1.43. The van der Waals surface area contributed by atoms with Gasteiger partial charge in [0.1, 0.15) is 12.0 Å². The van der Waals surface area contributed by atoms with Crippen LogP contribution in [0.15, 0.2) is 30.6 Å². The van der Waals surface area contributed by atoms with Crippen LogP contribution in [-0.2, 0) is 4.74 Å². The molecule has 9 heteroatoms. The molecule has 4 N–H and O–H groups in total. The van der Waals surface area contributed by atoms with Gasteiger partial charge in [-0.05, 0) is 26.1 Å². The van der Waals surface area contributed by atoms with Gasteiger partial charge in [-0.15, -0.1) is 0 Å². The molecule has 0 bridgehead atoms. The van der Waals surface area contributed by atoms with Crippen LogP contribution in [0.25, 0.3) is 0 Å². The van der Waals surface area contributed by atoms with Crippen molar-refractivity contribution in [2.75, 3.05) is 56.3 Å². The molecule has 1 aliphatic rings. The van der Waals surface area contributed by atoms with E-state index in [1.807, 2.05) is 6.07 Å². The molecule has 0 spiro atoms. The van der Waals surface area contributed by atoms with E-state index in [0.29, 0.717) is 35.2 Å². The van der Waals surface area contributed by atoms with Gasteiger partial charge >= 0.3 is 5.97 Å². The van der Waals surface area contributed by atoms with Crippen LogP contribution in [0.1, 0.15) is 17.3 Å². The minimum Gasteiger partial charge on any atom is -0.462 e. The number of hydrogen-bond donors (Lipinski definition) is 3. The summed E-state index contributed by atoms with van der Waals surface area (Å²) in [4.78, 5) is 22.9. The first-order chi connectivity index (χ1) is 13.1. The molecule has 2 aromatic rings. The number of rotatable bonds is 6. The van der Waals surface area contributed by atoms with Crippen LogP contribution >= 0.6 is 0 Å². The van der Waals surface area contributed by atoms with E-state index >= 15 is 0 Å². The Kier molecular flexibility index (Phi) is 6.05. The Bertz CT molecular complexity index is 791. The third kappa shape index (κ3) is 4.63. The van der Waals surface area contributed by atoms with Crippen molar-refractivity contribution in [1.29, 1.82) is 0 Å². The van der Waals surface area contributed by atoms with Crippen molar-refractivity contribution in [3.8, 4) is 0 Å². The maximum Gasteiger partial charge on any atom is 0.340 e. The van der Waals surface area contributed by atoms with Crippen LogP contribution in [0.5, 0.6) is 0 Å². The second kappa shape index (κ2) is 8.65. The molecule has 0 atom stereocenters. The van der Waals surface area contributed by atoms with Gasteiger partial charge in [-0.2, -0.15) is 0 Å². The zero-order valence-electron chi connectivity index (χ0n) is 15.6. The second-order valence-corrected chi connectivity index (χ2v) is 6.28. The number of para-hydroxylation sites is 1. The Hall–Kier alpha value is -2.91. The molecule has 1 aromatic heterocycles. The number of nitrogen functional groups attached to an aromatic ring is 1. The van der Waals surface area contributed by atoms with Crippen molar-refractivity contribution in [1.82, 2.24) is 19.9 Å². The van der Waals surface area contributed by atoms with Gasteiger partial charge in [0.2, 0.25) is 0 Å². The zero-order valence-corrected chi connectivity index (χ0v) is 15.6. The molecule has 2 heterocycles. The average Bonchev–Trinajstić information content (AvgIpc) is 2.67. The van der Waals surface area contributed by atoms with Crippen molar-refractivity contribution >= 4 is 29.0 Å². The topological polar surface area (TPSA) is 109 Å². The molecule has 1 aliphatic heterocycles. The summed E-state index contributed by atoms with van der Waals surface area (Å²) in [5.74, 6) is 0.563. The molecule has 0 saturated carbocycles. The van der Waals surface area contributed by atoms with Crippen LogP contribution in [0, 0.1) is 0 Å². The number of carbonyl (C=O) groups excluding carboxylic acids is 1. The first kappa shape index (κ1) is 18.9. The number of hydrazine groups is 1. The Morgan fingerprint density at radius 3 is 2.63 bits per heavy atom. The largest absolute Gasteiger partial charge is 0.462 e. The predicted octanol–water partition coefficient (Wildman–Crippen LogP) is 1.55. The summed E-state index contributed by atoms with van der Waals surface area (Å²) in [5.41, 5.74) is 10.9. The summed E-state index contributed by atoms with van der Waals surface area (Å²) in [6, 6.07) is 7.08. The number of nitrogens with zero attached hydrogens (tertiary/aromatic N) is 4. The average molecular weight is 371 g/mol. The molecule has 1 saturated heterocycles. The van der Waals surface area contributed by atoms with E-state index < -0.39 is 5.97 Å². The number of anilines is 4. The molecule has 1 aromatic carbocycles. The zero-order chi connectivity index (χ0) is 19.2. The number of likely N-dealkylation sites (N-methyl/N-ethyl adjacent to an activating group) is 1. The van der Waals surface area contributed by atoms with Gasteiger partial charge in [-0.25, -0.2) is 19.8 Å². The van der Waals surface area contributed by atoms with E-state index in [1.54, 1.807) is 25.1 Å². The van der Waals surface area contributed by atoms with Crippen molar-refractivity contribution in [2.24, 2.45) is 0 Å². The number of carbonyl (C=O) groups is 1. The molecule has 3 rings (SSSR count).